The number of hydrogen-bond acceptors (Lipinski definition) is 4. The maximum absolute atomic E-state index is 5.82. The van der Waals surface area contributed by atoms with Crippen molar-refractivity contribution >= 4 is 0 Å². The molecule has 0 aliphatic carbocycles. The smallest absolute Gasteiger partial charge is 0.0983 e. The molecular weight excluding hydrogens is 194 g/mol. The van der Waals surface area contributed by atoms with Crippen molar-refractivity contribution in [3.05, 3.63) is 18.2 Å². The minimum atomic E-state index is -0.0208. The van der Waals surface area contributed by atoms with Crippen LogP contribution in [0, 0.1) is 0 Å². The summed E-state index contributed by atoms with van der Waals surface area (Å²) in [6, 6.07) is -0.0208. The molecule has 2 N–H and O–H groups in total. The van der Waals surface area contributed by atoms with Gasteiger partial charge in [0.2, 0.25) is 0 Å². The molecule has 0 aliphatic rings. The zero-order chi connectivity index (χ0) is 11.3. The molecule has 0 aliphatic heterocycles. The van der Waals surface area contributed by atoms with Gasteiger partial charge in [-0.05, 0) is 6.92 Å². The molecule has 0 radical (unpaired) electrons. The Labute approximate surface area is 90.2 Å². The van der Waals surface area contributed by atoms with Crippen LogP contribution in [0.4, 0.5) is 0 Å². The van der Waals surface area contributed by atoms with Crippen molar-refractivity contribution in [3.63, 3.8) is 0 Å². The molecule has 15 heavy (non-hydrogen) atoms. The Morgan fingerprint density at radius 2 is 2.27 bits per heavy atom. The molecule has 1 rings (SSSR count). The van der Waals surface area contributed by atoms with Crippen molar-refractivity contribution in [2.45, 2.75) is 25.6 Å². The van der Waals surface area contributed by atoms with Gasteiger partial charge in [0.25, 0.3) is 0 Å². The van der Waals surface area contributed by atoms with Crippen molar-refractivity contribution in [2.75, 3.05) is 20.8 Å². The predicted molar refractivity (Wildman–Crippen MR) is 57.5 cm³/mol. The fraction of sp³-hybridized carbons (Fsp3) is 0.700. The Balaban J connectivity index is 2.65. The number of methoxy groups -OCH3 is 2. The van der Waals surface area contributed by atoms with Crippen molar-refractivity contribution in [1.29, 1.82) is 0 Å². The normalized spacial score (nSPS) is 15.2. The largest absolute Gasteiger partial charge is 0.382 e. The number of hydrogen-bond donors (Lipinski definition) is 1. The van der Waals surface area contributed by atoms with Crippen molar-refractivity contribution in [2.24, 2.45) is 5.73 Å². The van der Waals surface area contributed by atoms with E-state index in [0.717, 1.165) is 5.69 Å². The van der Waals surface area contributed by atoms with Gasteiger partial charge in [-0.15, -0.1) is 0 Å². The van der Waals surface area contributed by atoms with Gasteiger partial charge in [-0.1, -0.05) is 0 Å². The molecule has 5 heteroatoms. The third-order valence-electron chi connectivity index (χ3n) is 2.30. The van der Waals surface area contributed by atoms with E-state index < -0.39 is 0 Å². The lowest BCUT2D eigenvalue weighted by atomic mass is 10.2. The molecular formula is C10H19N3O2. The van der Waals surface area contributed by atoms with E-state index in [-0.39, 0.29) is 12.1 Å². The maximum atomic E-state index is 5.82. The summed E-state index contributed by atoms with van der Waals surface area (Å²) in [4.78, 5) is 4.08. The molecule has 1 heterocycles. The minimum absolute atomic E-state index is 0.0208. The first-order chi connectivity index (χ1) is 7.19. The lowest BCUT2D eigenvalue weighted by Crippen LogP contribution is -2.25. The first kappa shape index (κ1) is 12.2. The summed E-state index contributed by atoms with van der Waals surface area (Å²) < 4.78 is 12.3. The summed E-state index contributed by atoms with van der Waals surface area (Å²) in [5.74, 6) is 0. The Bertz CT molecular complexity index is 286. The van der Waals surface area contributed by atoms with Crippen LogP contribution in [0.1, 0.15) is 18.7 Å². The third-order valence-corrected chi connectivity index (χ3v) is 2.30. The second kappa shape index (κ2) is 5.85. The van der Waals surface area contributed by atoms with Crippen LogP contribution >= 0.6 is 0 Å². The summed E-state index contributed by atoms with van der Waals surface area (Å²) >= 11 is 0. The van der Waals surface area contributed by atoms with Crippen LogP contribution in [-0.4, -0.2) is 36.5 Å². The zero-order valence-electron chi connectivity index (χ0n) is 9.51. The molecule has 1 aromatic heterocycles. The Morgan fingerprint density at radius 1 is 1.53 bits per heavy atom. The van der Waals surface area contributed by atoms with E-state index in [1.165, 1.54) is 0 Å². The maximum Gasteiger partial charge on any atom is 0.0983 e. The highest BCUT2D eigenvalue weighted by Gasteiger charge is 2.12. The van der Waals surface area contributed by atoms with Crippen LogP contribution in [0.5, 0.6) is 0 Å². The van der Waals surface area contributed by atoms with Crippen molar-refractivity contribution in [1.82, 2.24) is 9.55 Å². The van der Waals surface area contributed by atoms with Gasteiger partial charge < -0.3 is 19.8 Å². The molecule has 86 valence electrons. The summed E-state index contributed by atoms with van der Waals surface area (Å²) in [6.07, 6.45) is 3.58. The summed E-state index contributed by atoms with van der Waals surface area (Å²) in [5, 5.41) is 0. The topological polar surface area (TPSA) is 62.3 Å². The molecule has 0 aromatic carbocycles. The second-order valence-electron chi connectivity index (χ2n) is 3.57. The summed E-state index contributed by atoms with van der Waals surface area (Å²) in [5.41, 5.74) is 6.82. The number of nitrogens with zero attached hydrogens (tertiary/aromatic N) is 2. The van der Waals surface area contributed by atoms with Gasteiger partial charge in [-0.2, -0.15) is 0 Å². The third kappa shape index (κ3) is 3.30. The van der Waals surface area contributed by atoms with Crippen LogP contribution in [-0.2, 0) is 16.0 Å². The van der Waals surface area contributed by atoms with E-state index in [9.17, 15) is 0 Å². The number of ether oxygens (including phenoxy) is 2. The Kier molecular flexibility index (Phi) is 4.74. The molecule has 0 amide bonds. The fourth-order valence-electron chi connectivity index (χ4n) is 1.46. The van der Waals surface area contributed by atoms with E-state index >= 15 is 0 Å². The van der Waals surface area contributed by atoms with Gasteiger partial charge in [0.05, 0.1) is 31.3 Å². The van der Waals surface area contributed by atoms with Crippen LogP contribution in [0.3, 0.4) is 0 Å². The second-order valence-corrected chi connectivity index (χ2v) is 3.57. The zero-order valence-corrected chi connectivity index (χ0v) is 9.51. The van der Waals surface area contributed by atoms with E-state index in [2.05, 4.69) is 4.98 Å². The fourth-order valence-corrected chi connectivity index (χ4v) is 1.46. The van der Waals surface area contributed by atoms with Crippen molar-refractivity contribution in [3.8, 4) is 0 Å². The lowest BCUT2D eigenvalue weighted by molar-refractivity contribution is 0.0178. The van der Waals surface area contributed by atoms with Crippen LogP contribution < -0.4 is 5.73 Å². The van der Waals surface area contributed by atoms with E-state index in [1.807, 2.05) is 11.5 Å². The number of rotatable bonds is 6. The lowest BCUT2D eigenvalue weighted by Gasteiger charge is -2.17. The molecule has 0 spiro atoms. The van der Waals surface area contributed by atoms with Crippen LogP contribution in [0.15, 0.2) is 12.5 Å². The molecule has 0 bridgehead atoms. The molecule has 0 saturated carbocycles. The quantitative estimate of drug-likeness (QED) is 0.750. The molecule has 1 unspecified atom stereocenters. The number of aromatic nitrogens is 2. The highest BCUT2D eigenvalue weighted by atomic mass is 16.5. The van der Waals surface area contributed by atoms with E-state index in [1.54, 1.807) is 26.7 Å². The molecule has 0 fully saturated rings. The van der Waals surface area contributed by atoms with E-state index in [0.29, 0.717) is 13.2 Å². The van der Waals surface area contributed by atoms with Crippen LogP contribution in [0.25, 0.3) is 0 Å². The first-order valence-corrected chi connectivity index (χ1v) is 4.96. The SMILES string of the molecule is COCC(Cn1cncc1[C@H](C)N)OC. The van der Waals surface area contributed by atoms with Gasteiger partial charge in [0, 0.05) is 26.5 Å². The average Bonchev–Trinajstić information content (AvgIpc) is 2.65. The van der Waals surface area contributed by atoms with Gasteiger partial charge in [-0.25, -0.2) is 4.98 Å². The molecule has 2 atom stereocenters. The van der Waals surface area contributed by atoms with Gasteiger partial charge in [0.15, 0.2) is 0 Å². The minimum Gasteiger partial charge on any atom is -0.382 e. The average molecular weight is 213 g/mol. The van der Waals surface area contributed by atoms with E-state index in [4.69, 9.17) is 15.2 Å². The highest BCUT2D eigenvalue weighted by molar-refractivity contribution is 5.03. The van der Waals surface area contributed by atoms with Gasteiger partial charge >= 0.3 is 0 Å². The molecule has 0 saturated heterocycles. The summed E-state index contributed by atoms with van der Waals surface area (Å²) in [7, 11) is 3.33. The van der Waals surface area contributed by atoms with Crippen molar-refractivity contribution < 1.29 is 9.47 Å². The first-order valence-electron chi connectivity index (χ1n) is 4.96. The van der Waals surface area contributed by atoms with Crippen LogP contribution in [0.2, 0.25) is 0 Å². The molecule has 5 nitrogen and oxygen atoms in total. The highest BCUT2D eigenvalue weighted by Crippen LogP contribution is 2.10. The standard InChI is InChI=1S/C10H19N3O2/c1-8(11)10-4-12-7-13(10)5-9(15-3)6-14-2/h4,7-9H,5-6,11H2,1-3H3/t8-,9?/m0/s1. The number of nitrogens with two attached hydrogens (primary N) is 1. The van der Waals surface area contributed by atoms with Gasteiger partial charge in [-0.3, -0.25) is 0 Å². The summed E-state index contributed by atoms with van der Waals surface area (Å²) in [6.45, 7) is 3.21. The monoisotopic (exact) mass is 213 g/mol. The Morgan fingerprint density at radius 3 is 2.80 bits per heavy atom. The molecule has 1 aromatic rings. The predicted octanol–water partition coefficient (Wildman–Crippen LogP) is 0.564. The van der Waals surface area contributed by atoms with Gasteiger partial charge in [0.1, 0.15) is 0 Å². The number of imidazole rings is 1. The Hall–Kier alpha value is -0.910.